The SMILES string of the molecule is C=CC(C)(C)O[C@H](C)[C@@H]1NC(=O)[C@@H]2CCCN2C(=O)[C@H](Cc2ccccc2)NC(=O)[C@H](C(C)C)NC(=O)[C@@H]2CSC(=N2)[C@H](C(C)C)NC1=O. The number of hydrogen-bond acceptors (Lipinski definition) is 8. The summed E-state index contributed by atoms with van der Waals surface area (Å²) in [5, 5.41) is 12.4. The van der Waals surface area contributed by atoms with Gasteiger partial charge < -0.3 is 30.9 Å². The fourth-order valence-electron chi connectivity index (χ4n) is 6.29. The first-order chi connectivity index (χ1) is 23.1. The maximum absolute atomic E-state index is 14.3. The van der Waals surface area contributed by atoms with Crippen molar-refractivity contribution in [2.45, 2.75) is 116 Å². The van der Waals surface area contributed by atoms with E-state index < -0.39 is 77.5 Å². The summed E-state index contributed by atoms with van der Waals surface area (Å²) < 4.78 is 6.20. The Morgan fingerprint density at radius 2 is 1.51 bits per heavy atom. The van der Waals surface area contributed by atoms with Crippen LogP contribution >= 0.6 is 11.8 Å². The second-order valence-corrected chi connectivity index (χ2v) is 15.4. The number of carbonyl (C=O) groups excluding carboxylic acids is 5. The van der Waals surface area contributed by atoms with Gasteiger partial charge in [-0.15, -0.1) is 18.3 Å². The monoisotopic (exact) mass is 696 g/mol. The van der Waals surface area contributed by atoms with Crippen molar-refractivity contribution in [1.29, 1.82) is 0 Å². The molecule has 4 rings (SSSR count). The highest BCUT2D eigenvalue weighted by Crippen LogP contribution is 2.26. The highest BCUT2D eigenvalue weighted by molar-refractivity contribution is 8.14. The Labute approximate surface area is 294 Å². The number of rotatable bonds is 8. The van der Waals surface area contributed by atoms with E-state index in [0.29, 0.717) is 30.2 Å². The van der Waals surface area contributed by atoms with Crippen molar-refractivity contribution in [1.82, 2.24) is 26.2 Å². The first-order valence-corrected chi connectivity index (χ1v) is 18.2. The predicted molar refractivity (Wildman–Crippen MR) is 191 cm³/mol. The average molecular weight is 697 g/mol. The molecule has 13 heteroatoms. The van der Waals surface area contributed by atoms with E-state index in [9.17, 15) is 24.0 Å². The Kier molecular flexibility index (Phi) is 12.7. The molecule has 0 aromatic heterocycles. The number of aliphatic imine (C=N–C) groups is 1. The molecule has 0 saturated carbocycles. The molecule has 3 aliphatic rings. The van der Waals surface area contributed by atoms with E-state index in [1.807, 2.05) is 71.9 Å². The summed E-state index contributed by atoms with van der Waals surface area (Å²) in [6.45, 7) is 17.0. The normalized spacial score (nSPS) is 28.1. The molecule has 268 valence electrons. The number of nitrogens with zero attached hydrogens (tertiary/aromatic N) is 2. The third-order valence-corrected chi connectivity index (χ3v) is 10.4. The van der Waals surface area contributed by atoms with Crippen molar-refractivity contribution in [3.63, 3.8) is 0 Å². The summed E-state index contributed by atoms with van der Waals surface area (Å²) in [6, 6.07) is 4.07. The summed E-state index contributed by atoms with van der Waals surface area (Å²) in [5.74, 6) is -2.31. The van der Waals surface area contributed by atoms with Gasteiger partial charge in [0.05, 0.1) is 22.8 Å². The number of hydrogen-bond donors (Lipinski definition) is 4. The van der Waals surface area contributed by atoms with Gasteiger partial charge in [0.2, 0.25) is 29.5 Å². The first-order valence-electron chi connectivity index (χ1n) is 17.2. The molecule has 2 bridgehead atoms. The van der Waals surface area contributed by atoms with Gasteiger partial charge in [-0.05, 0) is 51.0 Å². The van der Waals surface area contributed by atoms with Crippen LogP contribution in [0.15, 0.2) is 48.0 Å². The zero-order valence-electron chi connectivity index (χ0n) is 29.7. The van der Waals surface area contributed by atoms with Crippen molar-refractivity contribution in [3.05, 3.63) is 48.6 Å². The fraction of sp³-hybridized carbons (Fsp3) is 0.611. The van der Waals surface area contributed by atoms with Crippen LogP contribution in [-0.2, 0) is 35.1 Å². The average Bonchev–Trinajstić information content (AvgIpc) is 3.74. The van der Waals surface area contributed by atoms with Crippen molar-refractivity contribution >= 4 is 46.3 Å². The molecule has 1 fully saturated rings. The van der Waals surface area contributed by atoms with E-state index in [0.717, 1.165) is 5.56 Å². The second-order valence-electron chi connectivity index (χ2n) is 14.3. The lowest BCUT2D eigenvalue weighted by Gasteiger charge is -2.34. The van der Waals surface area contributed by atoms with Crippen LogP contribution < -0.4 is 21.3 Å². The molecular weight excluding hydrogens is 644 g/mol. The minimum absolute atomic E-state index is 0.0986. The molecule has 3 heterocycles. The van der Waals surface area contributed by atoms with Crippen LogP contribution in [0.4, 0.5) is 0 Å². The van der Waals surface area contributed by atoms with Crippen molar-refractivity contribution < 1.29 is 28.7 Å². The summed E-state index contributed by atoms with van der Waals surface area (Å²) in [7, 11) is 0. The van der Waals surface area contributed by atoms with Gasteiger partial charge in [0, 0.05) is 18.7 Å². The van der Waals surface area contributed by atoms with Gasteiger partial charge in [-0.1, -0.05) is 64.1 Å². The minimum atomic E-state index is -1.12. The second kappa shape index (κ2) is 16.3. The Morgan fingerprint density at radius 1 is 0.898 bits per heavy atom. The van der Waals surface area contributed by atoms with Gasteiger partial charge in [0.15, 0.2) is 0 Å². The Morgan fingerprint density at radius 3 is 2.14 bits per heavy atom. The van der Waals surface area contributed by atoms with Crippen LogP contribution in [-0.4, -0.2) is 99.7 Å². The lowest BCUT2D eigenvalue weighted by Crippen LogP contribution is -2.61. The van der Waals surface area contributed by atoms with Crippen LogP contribution in [0.1, 0.15) is 66.9 Å². The third kappa shape index (κ3) is 9.50. The molecule has 0 spiro atoms. The quantitative estimate of drug-likeness (QED) is 0.304. The molecule has 4 N–H and O–H groups in total. The molecule has 0 radical (unpaired) electrons. The number of carbonyl (C=O) groups is 5. The van der Waals surface area contributed by atoms with E-state index in [-0.39, 0.29) is 18.3 Å². The Balaban J connectivity index is 1.76. The number of fused-ring (bicyclic) bond motifs is 2. The van der Waals surface area contributed by atoms with E-state index >= 15 is 0 Å². The topological polar surface area (TPSA) is 158 Å². The predicted octanol–water partition coefficient (Wildman–Crippen LogP) is 2.37. The number of ether oxygens (including phenoxy) is 1. The van der Waals surface area contributed by atoms with Crippen LogP contribution in [0.25, 0.3) is 0 Å². The highest BCUT2D eigenvalue weighted by Gasteiger charge is 2.42. The number of amides is 5. The van der Waals surface area contributed by atoms with Crippen molar-refractivity contribution in [3.8, 4) is 0 Å². The molecule has 5 amide bonds. The molecule has 1 saturated heterocycles. The smallest absolute Gasteiger partial charge is 0.246 e. The molecule has 7 atom stereocenters. The van der Waals surface area contributed by atoms with Gasteiger partial charge in [-0.2, -0.15) is 0 Å². The number of benzene rings is 1. The van der Waals surface area contributed by atoms with Gasteiger partial charge in [0.25, 0.3) is 0 Å². The molecule has 49 heavy (non-hydrogen) atoms. The maximum atomic E-state index is 14.3. The lowest BCUT2D eigenvalue weighted by molar-refractivity contribution is -0.144. The highest BCUT2D eigenvalue weighted by atomic mass is 32.2. The molecule has 1 aromatic carbocycles. The maximum Gasteiger partial charge on any atom is 0.246 e. The fourth-order valence-corrected chi connectivity index (χ4v) is 7.56. The zero-order valence-corrected chi connectivity index (χ0v) is 30.5. The van der Waals surface area contributed by atoms with Gasteiger partial charge in [-0.3, -0.25) is 29.0 Å². The van der Waals surface area contributed by atoms with Gasteiger partial charge >= 0.3 is 0 Å². The van der Waals surface area contributed by atoms with E-state index in [4.69, 9.17) is 9.73 Å². The molecule has 1 aromatic rings. The Hall–Kier alpha value is -3.71. The van der Waals surface area contributed by atoms with Gasteiger partial charge in [0.1, 0.15) is 30.2 Å². The summed E-state index contributed by atoms with van der Waals surface area (Å²) in [6.07, 6.45) is 1.99. The standard InChI is InChI=1S/C36H52N6O6S/c1-9-36(7,8)48-22(6)29-33(46)40-28(21(4)5)34-38-25(19-49-34)30(43)39-27(20(2)3)32(45)37-24(18-23-14-11-10-12-15-23)35(47)42-17-13-16-26(42)31(44)41-29/h9-12,14-15,20-22,24-29H,1,13,16-19H2,2-8H3,(H,37,45)(H,39,43)(H,40,46)(H,41,44)/t22-,24+,25+,26+,27+,28+,29+/m1/s1. The molecule has 3 aliphatic heterocycles. The van der Waals surface area contributed by atoms with E-state index in [1.165, 1.54) is 16.7 Å². The van der Waals surface area contributed by atoms with Crippen LogP contribution in [0, 0.1) is 11.8 Å². The number of nitrogens with one attached hydrogen (secondary N) is 4. The van der Waals surface area contributed by atoms with Crippen LogP contribution in [0.5, 0.6) is 0 Å². The van der Waals surface area contributed by atoms with Gasteiger partial charge in [-0.25, -0.2) is 0 Å². The summed E-state index contributed by atoms with van der Waals surface area (Å²) in [5.41, 5.74) is 0.0251. The molecule has 12 nitrogen and oxygen atoms in total. The van der Waals surface area contributed by atoms with Crippen LogP contribution in [0.3, 0.4) is 0 Å². The minimum Gasteiger partial charge on any atom is -0.366 e. The molecule has 0 aliphatic carbocycles. The first kappa shape index (κ1) is 38.1. The summed E-state index contributed by atoms with van der Waals surface area (Å²) >= 11 is 1.38. The van der Waals surface area contributed by atoms with Crippen molar-refractivity contribution in [2.75, 3.05) is 12.3 Å². The lowest BCUT2D eigenvalue weighted by atomic mass is 10.00. The Bertz CT molecular complexity index is 1430. The van der Waals surface area contributed by atoms with E-state index in [2.05, 4.69) is 27.8 Å². The van der Waals surface area contributed by atoms with E-state index in [1.54, 1.807) is 13.0 Å². The third-order valence-electron chi connectivity index (χ3n) is 9.22. The number of thioether (sulfide) groups is 1. The largest absolute Gasteiger partial charge is 0.366 e. The van der Waals surface area contributed by atoms with Crippen molar-refractivity contribution in [2.24, 2.45) is 16.8 Å². The van der Waals surface area contributed by atoms with Crippen LogP contribution in [0.2, 0.25) is 0 Å². The molecule has 0 unspecified atom stereocenters. The summed E-state index contributed by atoms with van der Waals surface area (Å²) in [4.78, 5) is 76.0. The zero-order chi connectivity index (χ0) is 36.0. The molecular formula is C36H52N6O6S.